The Labute approximate surface area is 202 Å². The number of nitrogens with one attached hydrogen (secondary N) is 1. The van der Waals surface area contributed by atoms with Crippen molar-refractivity contribution < 1.29 is 9.47 Å². The van der Waals surface area contributed by atoms with Crippen LogP contribution in [0, 0.1) is 0 Å². The van der Waals surface area contributed by atoms with E-state index in [-0.39, 0.29) is 6.10 Å². The van der Waals surface area contributed by atoms with Gasteiger partial charge in [-0.05, 0) is 50.8 Å². The van der Waals surface area contributed by atoms with Gasteiger partial charge in [-0.15, -0.1) is 5.10 Å². The van der Waals surface area contributed by atoms with Crippen molar-refractivity contribution in [2.45, 2.75) is 50.3 Å². The molecule has 1 atom stereocenters. The number of para-hydroxylation sites is 2. The minimum atomic E-state index is 0.211. The lowest BCUT2D eigenvalue weighted by Crippen LogP contribution is -2.53. The fraction of sp³-hybridized carbons (Fsp3) is 0.615. The lowest BCUT2D eigenvalue weighted by atomic mass is 9.88. The maximum Gasteiger partial charge on any atom is 0.235 e. The van der Waals surface area contributed by atoms with Gasteiger partial charge in [0, 0.05) is 50.9 Å². The molecule has 4 heterocycles. The minimum Gasteiger partial charge on any atom is -0.490 e. The number of hydrogen-bond acceptors (Lipinski definition) is 8. The van der Waals surface area contributed by atoms with E-state index in [1.165, 1.54) is 31.4 Å². The summed E-state index contributed by atoms with van der Waals surface area (Å²) in [6, 6.07) is 11.9. The molecule has 0 spiro atoms. The van der Waals surface area contributed by atoms with Crippen LogP contribution in [-0.4, -0.2) is 85.7 Å². The third-order valence-corrected chi connectivity index (χ3v) is 7.99. The van der Waals surface area contributed by atoms with Gasteiger partial charge in [-0.1, -0.05) is 12.1 Å². The summed E-state index contributed by atoms with van der Waals surface area (Å²) in [4.78, 5) is 7.75. The summed E-state index contributed by atoms with van der Waals surface area (Å²) in [6.07, 6.45) is 8.23. The average Bonchev–Trinajstić information content (AvgIpc) is 3.42. The Kier molecular flexibility index (Phi) is 6.42. The van der Waals surface area contributed by atoms with Gasteiger partial charge >= 0.3 is 0 Å². The summed E-state index contributed by atoms with van der Waals surface area (Å²) in [5.74, 6) is 1.70. The molecule has 4 aliphatic rings. The number of hydrogen-bond donors (Lipinski definition) is 1. The quantitative estimate of drug-likeness (QED) is 0.724. The Hall–Kier alpha value is -2.58. The molecule has 6 rings (SSSR count). The first kappa shape index (κ1) is 21.9. The number of benzene rings is 1. The van der Waals surface area contributed by atoms with E-state index in [1.54, 1.807) is 0 Å². The van der Waals surface area contributed by atoms with E-state index in [0.717, 1.165) is 70.3 Å². The fourth-order valence-corrected chi connectivity index (χ4v) is 6.12. The molecule has 1 N–H and O–H groups in total. The summed E-state index contributed by atoms with van der Waals surface area (Å²) < 4.78 is 11.9. The second-order valence-electron chi connectivity index (χ2n) is 9.98. The molecule has 1 unspecified atom stereocenters. The molecule has 8 nitrogen and oxygen atoms in total. The molecule has 1 aliphatic carbocycles. The number of ether oxygens (including phenoxy) is 2. The summed E-state index contributed by atoms with van der Waals surface area (Å²) >= 11 is 0. The first-order chi connectivity index (χ1) is 16.8. The number of nitrogens with zero attached hydrogens (tertiary/aromatic N) is 5. The van der Waals surface area contributed by atoms with Crippen LogP contribution < -0.4 is 24.6 Å². The normalized spacial score (nSPS) is 27.8. The zero-order valence-electron chi connectivity index (χ0n) is 19.9. The Morgan fingerprint density at radius 1 is 0.941 bits per heavy atom. The lowest BCUT2D eigenvalue weighted by molar-refractivity contribution is 0.139. The van der Waals surface area contributed by atoms with Crippen LogP contribution in [0.5, 0.6) is 11.6 Å². The predicted molar refractivity (Wildman–Crippen MR) is 133 cm³/mol. The molecule has 1 aromatic carbocycles. The van der Waals surface area contributed by atoms with Crippen molar-refractivity contribution in [1.29, 1.82) is 0 Å². The third-order valence-electron chi connectivity index (χ3n) is 7.99. The number of anilines is 2. The van der Waals surface area contributed by atoms with Gasteiger partial charge in [-0.2, -0.15) is 5.10 Å². The SMILES string of the molecule is c1ccc2c(c1)OCCN2C1CCC(N2CCN(c3cnnc(OC4CCNC4)c3)CC2)CC1. The van der Waals surface area contributed by atoms with Crippen molar-refractivity contribution in [3.05, 3.63) is 36.5 Å². The molecule has 34 heavy (non-hydrogen) atoms. The molecule has 0 radical (unpaired) electrons. The summed E-state index contributed by atoms with van der Waals surface area (Å²) in [7, 11) is 0. The Morgan fingerprint density at radius 2 is 1.76 bits per heavy atom. The third kappa shape index (κ3) is 4.66. The van der Waals surface area contributed by atoms with Crippen LogP contribution in [0.4, 0.5) is 11.4 Å². The lowest BCUT2D eigenvalue weighted by Gasteiger charge is -2.45. The molecular formula is C26H36N6O2. The highest BCUT2D eigenvalue weighted by molar-refractivity contribution is 5.60. The highest BCUT2D eigenvalue weighted by Gasteiger charge is 2.32. The van der Waals surface area contributed by atoms with Crippen molar-refractivity contribution >= 4 is 11.4 Å². The van der Waals surface area contributed by atoms with Crippen LogP contribution in [0.2, 0.25) is 0 Å². The average molecular weight is 465 g/mol. The minimum absolute atomic E-state index is 0.211. The highest BCUT2D eigenvalue weighted by atomic mass is 16.5. The van der Waals surface area contributed by atoms with E-state index in [9.17, 15) is 0 Å². The van der Waals surface area contributed by atoms with Gasteiger partial charge in [0.05, 0.1) is 24.1 Å². The van der Waals surface area contributed by atoms with Gasteiger partial charge in [-0.3, -0.25) is 4.90 Å². The number of piperazine rings is 1. The topological polar surface area (TPSA) is 66.0 Å². The largest absolute Gasteiger partial charge is 0.490 e. The summed E-state index contributed by atoms with van der Waals surface area (Å²) in [5, 5.41) is 11.7. The first-order valence-electron chi connectivity index (χ1n) is 13.0. The van der Waals surface area contributed by atoms with Crippen molar-refractivity contribution in [2.75, 3.05) is 62.2 Å². The van der Waals surface area contributed by atoms with Crippen LogP contribution in [-0.2, 0) is 0 Å². The zero-order valence-corrected chi connectivity index (χ0v) is 19.9. The monoisotopic (exact) mass is 464 g/mol. The first-order valence-corrected chi connectivity index (χ1v) is 13.0. The van der Waals surface area contributed by atoms with Gasteiger partial charge < -0.3 is 24.6 Å². The predicted octanol–water partition coefficient (Wildman–Crippen LogP) is 2.55. The molecule has 2 aromatic rings. The fourth-order valence-electron chi connectivity index (χ4n) is 6.12. The van der Waals surface area contributed by atoms with E-state index in [1.807, 2.05) is 6.20 Å². The van der Waals surface area contributed by atoms with Gasteiger partial charge in [0.15, 0.2) is 0 Å². The highest BCUT2D eigenvalue weighted by Crippen LogP contribution is 2.37. The maximum atomic E-state index is 6.02. The molecule has 1 aromatic heterocycles. The van der Waals surface area contributed by atoms with E-state index in [2.05, 4.69) is 60.5 Å². The summed E-state index contributed by atoms with van der Waals surface area (Å²) in [6.45, 7) is 8.01. The number of fused-ring (bicyclic) bond motifs is 1. The van der Waals surface area contributed by atoms with Gasteiger partial charge in [0.2, 0.25) is 5.88 Å². The molecule has 2 saturated heterocycles. The Morgan fingerprint density at radius 3 is 2.59 bits per heavy atom. The van der Waals surface area contributed by atoms with Crippen LogP contribution in [0.1, 0.15) is 32.1 Å². The standard InChI is InChI=1S/C26H36N6O2/c1-2-4-25-24(3-1)32(15-16-33-25)21-7-5-20(6-8-21)30-11-13-31(14-12-30)22-17-26(29-28-18-22)34-23-9-10-27-19-23/h1-4,17-18,20-21,23,27H,5-16,19H2. The van der Waals surface area contributed by atoms with Crippen LogP contribution >= 0.6 is 0 Å². The van der Waals surface area contributed by atoms with E-state index in [4.69, 9.17) is 9.47 Å². The second-order valence-corrected chi connectivity index (χ2v) is 9.98. The molecule has 8 heteroatoms. The van der Waals surface area contributed by atoms with Crippen LogP contribution in [0.15, 0.2) is 36.5 Å². The molecule has 1 saturated carbocycles. The van der Waals surface area contributed by atoms with Crippen molar-refractivity contribution in [3.8, 4) is 11.6 Å². The van der Waals surface area contributed by atoms with Gasteiger partial charge in [0.25, 0.3) is 0 Å². The van der Waals surface area contributed by atoms with E-state index >= 15 is 0 Å². The van der Waals surface area contributed by atoms with E-state index in [0.29, 0.717) is 18.0 Å². The zero-order chi connectivity index (χ0) is 22.7. The maximum absolute atomic E-state index is 6.02. The molecular weight excluding hydrogens is 428 g/mol. The molecule has 0 amide bonds. The molecule has 0 bridgehead atoms. The van der Waals surface area contributed by atoms with Gasteiger partial charge in [-0.25, -0.2) is 0 Å². The Bertz CT molecular complexity index is 952. The van der Waals surface area contributed by atoms with Crippen molar-refractivity contribution in [2.24, 2.45) is 0 Å². The smallest absolute Gasteiger partial charge is 0.235 e. The Balaban J connectivity index is 1.01. The van der Waals surface area contributed by atoms with Crippen molar-refractivity contribution in [3.63, 3.8) is 0 Å². The van der Waals surface area contributed by atoms with E-state index < -0.39 is 0 Å². The molecule has 182 valence electrons. The van der Waals surface area contributed by atoms with Crippen molar-refractivity contribution in [1.82, 2.24) is 20.4 Å². The van der Waals surface area contributed by atoms with Crippen LogP contribution in [0.3, 0.4) is 0 Å². The van der Waals surface area contributed by atoms with Crippen LogP contribution in [0.25, 0.3) is 0 Å². The number of aromatic nitrogens is 2. The molecule has 3 fully saturated rings. The number of rotatable bonds is 5. The summed E-state index contributed by atoms with van der Waals surface area (Å²) in [5.41, 5.74) is 2.41. The molecule has 3 aliphatic heterocycles. The van der Waals surface area contributed by atoms with Gasteiger partial charge in [0.1, 0.15) is 18.5 Å². The second kappa shape index (κ2) is 9.96.